The highest BCUT2D eigenvalue weighted by Gasteiger charge is 2.14. The highest BCUT2D eigenvalue weighted by atomic mass is 19.1. The minimum atomic E-state index is -0.544. The van der Waals surface area contributed by atoms with Gasteiger partial charge in [0.05, 0.1) is 0 Å². The van der Waals surface area contributed by atoms with E-state index >= 15 is 0 Å². The van der Waals surface area contributed by atoms with Crippen LogP contribution in [-0.4, -0.2) is 16.3 Å². The average molecular weight is 293 g/mol. The summed E-state index contributed by atoms with van der Waals surface area (Å²) in [4.78, 5) is 0. The number of nitrogens with zero attached hydrogens (tertiary/aromatic N) is 2. The van der Waals surface area contributed by atoms with Gasteiger partial charge in [0.15, 0.2) is 0 Å². The highest BCUT2D eigenvalue weighted by molar-refractivity contribution is 5.22. The van der Waals surface area contributed by atoms with Crippen LogP contribution >= 0.6 is 0 Å². The fourth-order valence-electron chi connectivity index (χ4n) is 2.49. The van der Waals surface area contributed by atoms with Crippen molar-refractivity contribution in [2.24, 2.45) is 0 Å². The van der Waals surface area contributed by atoms with Crippen LogP contribution in [0.1, 0.15) is 37.6 Å². The monoisotopic (exact) mass is 293 g/mol. The lowest BCUT2D eigenvalue weighted by atomic mass is 10.0. The fraction of sp³-hybridized carbons (Fsp3) is 0.438. The first-order valence-electron chi connectivity index (χ1n) is 7.34. The molecule has 21 heavy (non-hydrogen) atoms. The van der Waals surface area contributed by atoms with E-state index in [0.29, 0.717) is 5.56 Å². The van der Waals surface area contributed by atoms with Crippen LogP contribution in [0.15, 0.2) is 30.5 Å². The van der Waals surface area contributed by atoms with Gasteiger partial charge in [-0.25, -0.2) is 8.78 Å². The van der Waals surface area contributed by atoms with Crippen molar-refractivity contribution >= 4 is 0 Å². The van der Waals surface area contributed by atoms with Crippen LogP contribution in [0.2, 0.25) is 0 Å². The smallest absolute Gasteiger partial charge is 0.130 e. The molecule has 114 valence electrons. The molecular formula is C16H21F2N3. The Morgan fingerprint density at radius 1 is 1.24 bits per heavy atom. The van der Waals surface area contributed by atoms with Gasteiger partial charge in [-0.15, -0.1) is 0 Å². The van der Waals surface area contributed by atoms with Crippen LogP contribution in [0.25, 0.3) is 0 Å². The Labute approximate surface area is 124 Å². The van der Waals surface area contributed by atoms with Gasteiger partial charge in [0.25, 0.3) is 0 Å². The van der Waals surface area contributed by atoms with Crippen molar-refractivity contribution in [1.29, 1.82) is 0 Å². The lowest BCUT2D eigenvalue weighted by Crippen LogP contribution is -2.25. The molecule has 0 amide bonds. The molecular weight excluding hydrogens is 272 g/mol. The quantitative estimate of drug-likeness (QED) is 0.847. The summed E-state index contributed by atoms with van der Waals surface area (Å²) in [6.07, 6.45) is 3.36. The van der Waals surface area contributed by atoms with Crippen LogP contribution in [0.3, 0.4) is 0 Å². The predicted molar refractivity (Wildman–Crippen MR) is 79.0 cm³/mol. The minimum Gasteiger partial charge on any atom is -0.309 e. The molecule has 0 saturated heterocycles. The molecule has 1 heterocycles. The molecule has 0 aliphatic rings. The molecule has 1 N–H and O–H groups in total. The number of benzene rings is 1. The first-order chi connectivity index (χ1) is 10.2. The largest absolute Gasteiger partial charge is 0.309 e. The Morgan fingerprint density at radius 3 is 2.71 bits per heavy atom. The number of aryl methyl sites for hydroxylation is 1. The summed E-state index contributed by atoms with van der Waals surface area (Å²) in [5, 5.41) is 7.55. The van der Waals surface area contributed by atoms with Gasteiger partial charge >= 0.3 is 0 Å². The van der Waals surface area contributed by atoms with Crippen molar-refractivity contribution in [3.8, 4) is 0 Å². The Morgan fingerprint density at radius 2 is 2.05 bits per heavy atom. The van der Waals surface area contributed by atoms with Crippen molar-refractivity contribution in [3.05, 3.63) is 53.4 Å². The molecule has 0 unspecified atom stereocenters. The topological polar surface area (TPSA) is 29.9 Å². The van der Waals surface area contributed by atoms with E-state index in [9.17, 15) is 8.78 Å². The number of hydrogen-bond acceptors (Lipinski definition) is 2. The molecule has 0 spiro atoms. The van der Waals surface area contributed by atoms with Crippen molar-refractivity contribution < 1.29 is 8.78 Å². The first-order valence-corrected chi connectivity index (χ1v) is 7.34. The summed E-state index contributed by atoms with van der Waals surface area (Å²) in [5.74, 6) is -1.04. The summed E-state index contributed by atoms with van der Waals surface area (Å²) in [5.41, 5.74) is 1.67. The van der Waals surface area contributed by atoms with Crippen LogP contribution in [-0.2, 0) is 13.0 Å². The van der Waals surface area contributed by atoms with Crippen LogP contribution in [0, 0.1) is 11.6 Å². The lowest BCUT2D eigenvalue weighted by Gasteiger charge is -2.18. The number of halogens is 2. The normalized spacial score (nSPS) is 12.6. The summed E-state index contributed by atoms with van der Waals surface area (Å²) in [7, 11) is 0. The maximum atomic E-state index is 13.8. The van der Waals surface area contributed by atoms with Crippen LogP contribution in [0.4, 0.5) is 8.78 Å². The molecule has 0 radical (unpaired) electrons. The van der Waals surface area contributed by atoms with Crippen molar-refractivity contribution in [2.75, 3.05) is 6.54 Å². The molecule has 2 aromatic rings. The molecule has 0 saturated carbocycles. The zero-order valence-electron chi connectivity index (χ0n) is 12.4. The zero-order chi connectivity index (χ0) is 15.2. The van der Waals surface area contributed by atoms with E-state index in [1.165, 1.54) is 12.1 Å². The molecule has 1 aromatic carbocycles. The van der Waals surface area contributed by atoms with Crippen LogP contribution < -0.4 is 5.32 Å². The Balaban J connectivity index is 1.96. The standard InChI is InChI=1S/C16H21F2N3/c1-3-16(14-6-5-12(17)11-15(14)18)19-9-7-13-8-10-20-21(13)4-2/h5-6,8,10-11,16,19H,3-4,7,9H2,1-2H3/t16-/m1/s1. The van der Waals surface area contributed by atoms with E-state index in [2.05, 4.69) is 10.4 Å². The predicted octanol–water partition coefficient (Wildman–Crippen LogP) is 3.46. The van der Waals surface area contributed by atoms with Gasteiger partial charge in [0.1, 0.15) is 11.6 Å². The molecule has 5 heteroatoms. The molecule has 0 aliphatic heterocycles. The third-order valence-corrected chi connectivity index (χ3v) is 3.62. The van der Waals surface area contributed by atoms with E-state index < -0.39 is 11.6 Å². The Hall–Kier alpha value is -1.75. The molecule has 0 aliphatic carbocycles. The first kappa shape index (κ1) is 15.6. The summed E-state index contributed by atoms with van der Waals surface area (Å²) < 4.78 is 28.7. The summed E-state index contributed by atoms with van der Waals surface area (Å²) in [6, 6.07) is 5.64. The molecule has 0 bridgehead atoms. The third-order valence-electron chi connectivity index (χ3n) is 3.62. The number of aromatic nitrogens is 2. The Bertz CT molecular complexity index is 581. The fourth-order valence-corrected chi connectivity index (χ4v) is 2.49. The maximum absolute atomic E-state index is 13.8. The van der Waals surface area contributed by atoms with E-state index in [1.807, 2.05) is 24.6 Å². The van der Waals surface area contributed by atoms with Crippen molar-refractivity contribution in [2.45, 2.75) is 39.3 Å². The summed E-state index contributed by atoms with van der Waals surface area (Å²) in [6.45, 7) is 5.59. The van der Waals surface area contributed by atoms with E-state index in [1.54, 1.807) is 6.20 Å². The highest BCUT2D eigenvalue weighted by Crippen LogP contribution is 2.20. The van der Waals surface area contributed by atoms with Gasteiger partial charge in [0, 0.05) is 49.1 Å². The molecule has 2 rings (SSSR count). The zero-order valence-corrected chi connectivity index (χ0v) is 12.4. The number of nitrogens with one attached hydrogen (secondary N) is 1. The van der Waals surface area contributed by atoms with Gasteiger partial charge in [-0.2, -0.15) is 5.10 Å². The second-order valence-electron chi connectivity index (χ2n) is 4.97. The molecule has 0 fully saturated rings. The van der Waals surface area contributed by atoms with Crippen molar-refractivity contribution in [3.63, 3.8) is 0 Å². The molecule has 1 aromatic heterocycles. The van der Waals surface area contributed by atoms with Gasteiger partial charge in [0.2, 0.25) is 0 Å². The molecule has 3 nitrogen and oxygen atoms in total. The second-order valence-corrected chi connectivity index (χ2v) is 4.97. The molecule has 1 atom stereocenters. The number of hydrogen-bond donors (Lipinski definition) is 1. The second kappa shape index (κ2) is 7.31. The van der Waals surface area contributed by atoms with Gasteiger partial charge in [-0.05, 0) is 25.5 Å². The van der Waals surface area contributed by atoms with E-state index in [-0.39, 0.29) is 6.04 Å². The average Bonchev–Trinajstić information content (AvgIpc) is 2.92. The van der Waals surface area contributed by atoms with E-state index in [4.69, 9.17) is 0 Å². The number of rotatable bonds is 7. The minimum absolute atomic E-state index is 0.108. The van der Waals surface area contributed by atoms with Gasteiger partial charge in [-0.3, -0.25) is 4.68 Å². The lowest BCUT2D eigenvalue weighted by molar-refractivity contribution is 0.480. The SMILES string of the molecule is CC[C@@H](NCCc1ccnn1CC)c1ccc(F)cc1F. The summed E-state index contributed by atoms with van der Waals surface area (Å²) >= 11 is 0. The maximum Gasteiger partial charge on any atom is 0.130 e. The van der Waals surface area contributed by atoms with Gasteiger partial charge < -0.3 is 5.32 Å². The van der Waals surface area contributed by atoms with Crippen molar-refractivity contribution in [1.82, 2.24) is 15.1 Å². The third kappa shape index (κ3) is 3.88. The van der Waals surface area contributed by atoms with Gasteiger partial charge in [-0.1, -0.05) is 13.0 Å². The van der Waals surface area contributed by atoms with E-state index in [0.717, 1.165) is 37.7 Å². The Kier molecular flexibility index (Phi) is 5.44. The van der Waals surface area contributed by atoms with Crippen LogP contribution in [0.5, 0.6) is 0 Å².